The molecule has 0 radical (unpaired) electrons. The normalized spacial score (nSPS) is 15.0. The molecule has 152 valence electrons. The third kappa shape index (κ3) is 4.52. The first kappa shape index (κ1) is 19.7. The predicted molar refractivity (Wildman–Crippen MR) is 110 cm³/mol. The lowest BCUT2D eigenvalue weighted by Crippen LogP contribution is -2.42. The van der Waals surface area contributed by atoms with Crippen LogP contribution in [-0.2, 0) is 4.79 Å². The van der Waals surface area contributed by atoms with Crippen molar-refractivity contribution in [1.82, 2.24) is 5.43 Å². The number of furan rings is 1. The Balaban J connectivity index is 1.42. The Morgan fingerprint density at radius 1 is 1.13 bits per heavy atom. The van der Waals surface area contributed by atoms with E-state index in [0.717, 1.165) is 4.47 Å². The van der Waals surface area contributed by atoms with E-state index >= 15 is 0 Å². The standard InChI is InChI=1S/C21H15BrN2O6/c22-14-7-8-15(30-21(26)18-6-3-9-27-18)13(10-14)11-23-24-20(25)19-12-28-16-4-1-2-5-17(16)29-19/h1-11,19H,12H2,(H,24,25)/b23-11-/t19-/m0/s1. The van der Waals surface area contributed by atoms with Gasteiger partial charge >= 0.3 is 5.97 Å². The zero-order valence-corrected chi connectivity index (χ0v) is 17.0. The zero-order chi connectivity index (χ0) is 20.9. The Labute approximate surface area is 179 Å². The summed E-state index contributed by atoms with van der Waals surface area (Å²) in [5, 5.41) is 3.95. The molecule has 3 aromatic rings. The SMILES string of the molecule is O=C(Oc1ccc(Br)cc1/C=N\NC(=O)[C@@H]1COc2ccccc2O1)c1ccco1. The van der Waals surface area contributed by atoms with Crippen LogP contribution in [0.2, 0.25) is 0 Å². The second-order valence-corrected chi connectivity index (χ2v) is 7.06. The molecule has 1 amide bonds. The Morgan fingerprint density at radius 3 is 2.77 bits per heavy atom. The highest BCUT2D eigenvalue weighted by Gasteiger charge is 2.27. The van der Waals surface area contributed by atoms with Crippen molar-refractivity contribution in [2.24, 2.45) is 5.10 Å². The lowest BCUT2D eigenvalue weighted by molar-refractivity contribution is -0.130. The van der Waals surface area contributed by atoms with E-state index in [-0.39, 0.29) is 18.1 Å². The topological polar surface area (TPSA) is 99.4 Å². The number of benzene rings is 2. The van der Waals surface area contributed by atoms with Crippen LogP contribution in [-0.4, -0.2) is 30.8 Å². The maximum absolute atomic E-state index is 12.3. The van der Waals surface area contributed by atoms with Crippen LogP contribution >= 0.6 is 15.9 Å². The lowest BCUT2D eigenvalue weighted by Gasteiger charge is -2.24. The van der Waals surface area contributed by atoms with E-state index in [1.54, 1.807) is 42.5 Å². The van der Waals surface area contributed by atoms with Gasteiger partial charge in [-0.1, -0.05) is 28.1 Å². The number of carbonyl (C=O) groups excluding carboxylic acids is 2. The molecule has 1 aromatic heterocycles. The largest absolute Gasteiger partial charge is 0.485 e. The van der Waals surface area contributed by atoms with Gasteiger partial charge in [-0.05, 0) is 42.5 Å². The molecule has 1 aliphatic heterocycles. The van der Waals surface area contributed by atoms with E-state index < -0.39 is 18.0 Å². The maximum atomic E-state index is 12.3. The molecule has 0 spiro atoms. The summed E-state index contributed by atoms with van der Waals surface area (Å²) in [4.78, 5) is 24.5. The predicted octanol–water partition coefficient (Wildman–Crippen LogP) is 3.55. The van der Waals surface area contributed by atoms with Crippen LogP contribution in [0.15, 0.2) is 74.9 Å². The van der Waals surface area contributed by atoms with Crippen molar-refractivity contribution in [3.05, 3.63) is 76.7 Å². The lowest BCUT2D eigenvalue weighted by atomic mass is 10.2. The molecular formula is C21H15BrN2O6. The van der Waals surface area contributed by atoms with Gasteiger partial charge in [0, 0.05) is 10.0 Å². The molecule has 30 heavy (non-hydrogen) atoms. The Bertz CT molecular complexity index is 1100. The summed E-state index contributed by atoms with van der Waals surface area (Å²) >= 11 is 3.36. The van der Waals surface area contributed by atoms with Crippen molar-refractivity contribution in [3.63, 3.8) is 0 Å². The number of amides is 1. The van der Waals surface area contributed by atoms with Gasteiger partial charge in [-0.3, -0.25) is 4.79 Å². The van der Waals surface area contributed by atoms with Crippen LogP contribution in [0.25, 0.3) is 0 Å². The Morgan fingerprint density at radius 2 is 1.97 bits per heavy atom. The summed E-state index contributed by atoms with van der Waals surface area (Å²) in [7, 11) is 0. The Kier molecular flexibility index (Phi) is 5.80. The van der Waals surface area contributed by atoms with Gasteiger partial charge in [-0.15, -0.1) is 0 Å². The van der Waals surface area contributed by atoms with Crippen molar-refractivity contribution in [1.29, 1.82) is 0 Å². The molecule has 1 aliphatic rings. The summed E-state index contributed by atoms with van der Waals surface area (Å²) in [5.74, 6) is 0.291. The molecule has 8 nitrogen and oxygen atoms in total. The number of hydrazone groups is 1. The number of halogens is 1. The highest BCUT2D eigenvalue weighted by atomic mass is 79.9. The van der Waals surface area contributed by atoms with Gasteiger partial charge in [0.25, 0.3) is 5.91 Å². The van der Waals surface area contributed by atoms with Gasteiger partial charge in [0.05, 0.1) is 12.5 Å². The smallest absolute Gasteiger partial charge is 0.379 e. The number of hydrogen-bond acceptors (Lipinski definition) is 7. The maximum Gasteiger partial charge on any atom is 0.379 e. The van der Waals surface area contributed by atoms with Crippen LogP contribution in [0.1, 0.15) is 16.1 Å². The van der Waals surface area contributed by atoms with Crippen molar-refractivity contribution in [3.8, 4) is 17.2 Å². The Hall–Kier alpha value is -3.59. The third-order valence-corrected chi connectivity index (χ3v) is 4.57. The fourth-order valence-corrected chi connectivity index (χ4v) is 3.02. The summed E-state index contributed by atoms with van der Waals surface area (Å²) < 4.78 is 22.3. The van der Waals surface area contributed by atoms with E-state index in [0.29, 0.717) is 17.1 Å². The van der Waals surface area contributed by atoms with Crippen LogP contribution in [0.5, 0.6) is 17.2 Å². The molecule has 0 saturated carbocycles. The highest BCUT2D eigenvalue weighted by Crippen LogP contribution is 2.30. The summed E-state index contributed by atoms with van der Waals surface area (Å²) in [5.41, 5.74) is 2.88. The molecule has 2 aromatic carbocycles. The molecule has 2 heterocycles. The molecule has 0 aliphatic carbocycles. The van der Waals surface area contributed by atoms with Gasteiger partial charge in [-0.2, -0.15) is 5.10 Å². The van der Waals surface area contributed by atoms with Gasteiger partial charge in [0.1, 0.15) is 12.4 Å². The van der Waals surface area contributed by atoms with Crippen molar-refractivity contribution in [2.75, 3.05) is 6.61 Å². The molecular weight excluding hydrogens is 456 g/mol. The molecule has 1 atom stereocenters. The van der Waals surface area contributed by atoms with Gasteiger partial charge in [0.15, 0.2) is 11.5 Å². The number of rotatable bonds is 5. The summed E-state index contributed by atoms with van der Waals surface area (Å²) in [6.07, 6.45) is 1.91. The van der Waals surface area contributed by atoms with E-state index in [2.05, 4.69) is 26.5 Å². The monoisotopic (exact) mass is 470 g/mol. The third-order valence-electron chi connectivity index (χ3n) is 4.08. The number of nitrogens with one attached hydrogen (secondary N) is 1. The minimum atomic E-state index is -0.837. The fraction of sp³-hybridized carbons (Fsp3) is 0.0952. The van der Waals surface area contributed by atoms with Gasteiger partial charge in [0.2, 0.25) is 11.9 Å². The minimum Gasteiger partial charge on any atom is -0.485 e. The number of fused-ring (bicyclic) bond motifs is 1. The van der Waals surface area contributed by atoms with Crippen LogP contribution in [0, 0.1) is 0 Å². The first-order valence-electron chi connectivity index (χ1n) is 8.87. The van der Waals surface area contributed by atoms with Crippen LogP contribution < -0.4 is 19.6 Å². The van der Waals surface area contributed by atoms with Gasteiger partial charge < -0.3 is 18.6 Å². The summed E-state index contributed by atoms with van der Waals surface area (Å²) in [6, 6.07) is 15.2. The van der Waals surface area contributed by atoms with Crippen molar-refractivity contribution in [2.45, 2.75) is 6.10 Å². The number of para-hydroxylation sites is 2. The van der Waals surface area contributed by atoms with Crippen molar-refractivity contribution >= 4 is 34.0 Å². The van der Waals surface area contributed by atoms with Gasteiger partial charge in [-0.25, -0.2) is 10.2 Å². The molecule has 4 rings (SSSR count). The van der Waals surface area contributed by atoms with E-state index in [9.17, 15) is 9.59 Å². The fourth-order valence-electron chi connectivity index (χ4n) is 2.64. The highest BCUT2D eigenvalue weighted by molar-refractivity contribution is 9.10. The van der Waals surface area contributed by atoms with E-state index in [1.165, 1.54) is 18.5 Å². The first-order valence-corrected chi connectivity index (χ1v) is 9.66. The average molecular weight is 471 g/mol. The first-order chi connectivity index (χ1) is 14.6. The number of nitrogens with zero attached hydrogens (tertiary/aromatic N) is 1. The number of ether oxygens (including phenoxy) is 3. The second-order valence-electron chi connectivity index (χ2n) is 6.15. The molecule has 0 bridgehead atoms. The molecule has 0 saturated heterocycles. The minimum absolute atomic E-state index is 0.0707. The zero-order valence-electron chi connectivity index (χ0n) is 15.4. The molecule has 0 unspecified atom stereocenters. The average Bonchev–Trinajstić information content (AvgIpc) is 3.30. The number of carbonyl (C=O) groups is 2. The number of esters is 1. The van der Waals surface area contributed by atoms with E-state index in [1.807, 2.05) is 6.07 Å². The molecule has 0 fully saturated rings. The molecule has 1 N–H and O–H groups in total. The van der Waals surface area contributed by atoms with Crippen molar-refractivity contribution < 1.29 is 28.2 Å². The number of hydrogen-bond donors (Lipinski definition) is 1. The second kappa shape index (κ2) is 8.83. The summed E-state index contributed by atoms with van der Waals surface area (Å²) in [6.45, 7) is 0.0707. The quantitative estimate of drug-likeness (QED) is 0.265. The van der Waals surface area contributed by atoms with E-state index in [4.69, 9.17) is 18.6 Å². The van der Waals surface area contributed by atoms with Crippen LogP contribution in [0.3, 0.4) is 0 Å². The molecule has 9 heteroatoms. The van der Waals surface area contributed by atoms with Crippen LogP contribution in [0.4, 0.5) is 0 Å².